The third kappa shape index (κ3) is 3.69. The summed E-state index contributed by atoms with van der Waals surface area (Å²) in [6.45, 7) is 2.93. The summed E-state index contributed by atoms with van der Waals surface area (Å²) in [7, 11) is -0.812. The molecule has 1 amide bonds. The number of halogens is 1. The summed E-state index contributed by atoms with van der Waals surface area (Å²) < 4.78 is 28.2. The van der Waals surface area contributed by atoms with Gasteiger partial charge in [0.2, 0.25) is 10.0 Å². The summed E-state index contributed by atoms with van der Waals surface area (Å²) in [6, 6.07) is 18.0. The van der Waals surface area contributed by atoms with E-state index in [1.807, 2.05) is 30.3 Å². The smallest absolute Gasteiger partial charge is 0.257 e. The molecular formula is C23H22ClN3O3S. The molecule has 8 heteroatoms. The van der Waals surface area contributed by atoms with Gasteiger partial charge in [0.25, 0.3) is 5.91 Å². The molecule has 6 nitrogen and oxygen atoms in total. The molecule has 0 radical (unpaired) electrons. The molecule has 4 rings (SSSR count). The van der Waals surface area contributed by atoms with Gasteiger partial charge in [0, 0.05) is 48.1 Å². The predicted molar refractivity (Wildman–Crippen MR) is 125 cm³/mol. The lowest BCUT2D eigenvalue weighted by molar-refractivity contribution is 0.102. The zero-order valence-electron chi connectivity index (χ0n) is 17.4. The van der Waals surface area contributed by atoms with Crippen molar-refractivity contribution >= 4 is 55.0 Å². The largest absolute Gasteiger partial charge is 0.341 e. The van der Waals surface area contributed by atoms with Crippen molar-refractivity contribution < 1.29 is 13.2 Å². The second kappa shape index (κ2) is 8.00. The van der Waals surface area contributed by atoms with Crippen LogP contribution in [0, 0.1) is 0 Å². The van der Waals surface area contributed by atoms with E-state index in [1.54, 1.807) is 0 Å². The van der Waals surface area contributed by atoms with Crippen molar-refractivity contribution in [3.63, 3.8) is 0 Å². The van der Waals surface area contributed by atoms with Crippen LogP contribution in [0.1, 0.15) is 17.3 Å². The van der Waals surface area contributed by atoms with Gasteiger partial charge in [-0.05, 0) is 49.4 Å². The molecule has 0 aliphatic carbocycles. The topological polar surface area (TPSA) is 71.4 Å². The maximum absolute atomic E-state index is 12.9. The molecule has 0 aliphatic heterocycles. The molecule has 31 heavy (non-hydrogen) atoms. The maximum atomic E-state index is 12.9. The van der Waals surface area contributed by atoms with Gasteiger partial charge in [-0.1, -0.05) is 29.8 Å². The predicted octanol–water partition coefficient (Wildman–Crippen LogP) is 4.97. The SMILES string of the molecule is CCn1c2ccccc2c2cc(NC(=O)c3cc(S(=O)(=O)N(C)C)ccc3Cl)ccc21. The minimum atomic E-state index is -3.68. The number of anilines is 1. The number of amides is 1. The maximum Gasteiger partial charge on any atom is 0.257 e. The highest BCUT2D eigenvalue weighted by Crippen LogP contribution is 2.31. The van der Waals surface area contributed by atoms with Gasteiger partial charge in [-0.25, -0.2) is 12.7 Å². The first kappa shape index (κ1) is 21.4. The van der Waals surface area contributed by atoms with E-state index in [0.717, 1.165) is 32.7 Å². The lowest BCUT2D eigenvalue weighted by atomic mass is 10.1. The van der Waals surface area contributed by atoms with Crippen LogP contribution in [0.15, 0.2) is 65.6 Å². The van der Waals surface area contributed by atoms with Gasteiger partial charge in [0.1, 0.15) is 0 Å². The van der Waals surface area contributed by atoms with Gasteiger partial charge in [-0.3, -0.25) is 4.79 Å². The third-order valence-corrected chi connectivity index (χ3v) is 7.45. The zero-order valence-corrected chi connectivity index (χ0v) is 19.0. The van der Waals surface area contributed by atoms with Crippen molar-refractivity contribution in [2.45, 2.75) is 18.4 Å². The zero-order chi connectivity index (χ0) is 22.3. The molecule has 160 valence electrons. The Bertz CT molecular complexity index is 1430. The number of sulfonamides is 1. The van der Waals surface area contributed by atoms with E-state index in [-0.39, 0.29) is 15.5 Å². The molecule has 1 N–H and O–H groups in total. The standard InChI is InChI=1S/C23H22ClN3O3S/c1-4-27-21-8-6-5-7-17(21)18-13-15(9-12-22(18)27)25-23(28)19-14-16(10-11-20(19)24)31(29,30)26(2)3/h5-14H,4H2,1-3H3,(H,25,28). The van der Waals surface area contributed by atoms with Crippen LogP contribution in [0.5, 0.6) is 0 Å². The fourth-order valence-electron chi connectivity index (χ4n) is 3.72. The fraction of sp³-hybridized carbons (Fsp3) is 0.174. The average Bonchev–Trinajstić information content (AvgIpc) is 3.06. The summed E-state index contributed by atoms with van der Waals surface area (Å²) in [6.07, 6.45) is 0. The van der Waals surface area contributed by atoms with Crippen LogP contribution in [0.3, 0.4) is 0 Å². The summed E-state index contributed by atoms with van der Waals surface area (Å²) in [5.41, 5.74) is 2.92. The Hall–Kier alpha value is -2.87. The number of aromatic nitrogens is 1. The van der Waals surface area contributed by atoms with Gasteiger partial charge in [0.05, 0.1) is 15.5 Å². The number of nitrogens with zero attached hydrogens (tertiary/aromatic N) is 2. The number of fused-ring (bicyclic) bond motifs is 3. The van der Waals surface area contributed by atoms with Crippen molar-refractivity contribution in [3.05, 3.63) is 71.2 Å². The Balaban J connectivity index is 1.73. The molecule has 0 spiro atoms. The average molecular weight is 456 g/mol. The Kier molecular flexibility index (Phi) is 5.51. The number of carbonyl (C=O) groups is 1. The van der Waals surface area contributed by atoms with Crippen molar-refractivity contribution in [2.24, 2.45) is 0 Å². The first-order valence-corrected chi connectivity index (χ1v) is 11.6. The van der Waals surface area contributed by atoms with E-state index >= 15 is 0 Å². The summed E-state index contributed by atoms with van der Waals surface area (Å²) in [4.78, 5) is 12.9. The molecule has 0 saturated heterocycles. The highest BCUT2D eigenvalue weighted by atomic mass is 35.5. The molecule has 1 aromatic heterocycles. The Morgan fingerprint density at radius 2 is 1.71 bits per heavy atom. The molecule has 0 saturated carbocycles. The first-order chi connectivity index (χ1) is 14.7. The van der Waals surface area contributed by atoms with Crippen LogP contribution in [-0.4, -0.2) is 37.3 Å². The van der Waals surface area contributed by atoms with Gasteiger partial charge in [-0.15, -0.1) is 0 Å². The monoisotopic (exact) mass is 455 g/mol. The van der Waals surface area contributed by atoms with E-state index in [4.69, 9.17) is 11.6 Å². The quantitative estimate of drug-likeness (QED) is 0.461. The lowest BCUT2D eigenvalue weighted by Gasteiger charge is -2.13. The van der Waals surface area contributed by atoms with Crippen LogP contribution >= 0.6 is 11.6 Å². The number of hydrogen-bond donors (Lipinski definition) is 1. The van der Waals surface area contributed by atoms with Crippen molar-refractivity contribution in [1.29, 1.82) is 0 Å². The van der Waals surface area contributed by atoms with Gasteiger partial charge in [0.15, 0.2) is 0 Å². The molecule has 4 aromatic rings. The number of benzene rings is 3. The van der Waals surface area contributed by atoms with E-state index in [2.05, 4.69) is 28.9 Å². The minimum Gasteiger partial charge on any atom is -0.341 e. The van der Waals surface area contributed by atoms with Gasteiger partial charge < -0.3 is 9.88 Å². The van der Waals surface area contributed by atoms with Crippen LogP contribution in [0.4, 0.5) is 5.69 Å². The number of hydrogen-bond acceptors (Lipinski definition) is 3. The Morgan fingerprint density at radius 1 is 1.00 bits per heavy atom. The molecular weight excluding hydrogens is 434 g/mol. The number of aryl methyl sites for hydroxylation is 1. The Labute approximate surface area is 186 Å². The lowest BCUT2D eigenvalue weighted by Crippen LogP contribution is -2.23. The molecule has 3 aromatic carbocycles. The highest BCUT2D eigenvalue weighted by Gasteiger charge is 2.21. The molecule has 0 aliphatic rings. The number of rotatable bonds is 5. The molecule has 0 fully saturated rings. The fourth-order valence-corrected chi connectivity index (χ4v) is 4.85. The Morgan fingerprint density at radius 3 is 2.42 bits per heavy atom. The molecule has 0 unspecified atom stereocenters. The van der Waals surface area contributed by atoms with E-state index in [1.165, 1.54) is 32.3 Å². The van der Waals surface area contributed by atoms with E-state index < -0.39 is 15.9 Å². The van der Waals surface area contributed by atoms with Crippen LogP contribution in [0.2, 0.25) is 5.02 Å². The van der Waals surface area contributed by atoms with E-state index in [9.17, 15) is 13.2 Å². The van der Waals surface area contributed by atoms with Gasteiger partial charge in [-0.2, -0.15) is 0 Å². The van der Waals surface area contributed by atoms with E-state index in [0.29, 0.717) is 5.69 Å². The number of nitrogens with one attached hydrogen (secondary N) is 1. The molecule has 0 bridgehead atoms. The summed E-state index contributed by atoms with van der Waals surface area (Å²) in [5.74, 6) is -0.473. The van der Waals surface area contributed by atoms with Crippen molar-refractivity contribution in [3.8, 4) is 0 Å². The van der Waals surface area contributed by atoms with Crippen LogP contribution < -0.4 is 5.32 Å². The summed E-state index contributed by atoms with van der Waals surface area (Å²) >= 11 is 6.21. The second-order valence-electron chi connectivity index (χ2n) is 7.38. The van der Waals surface area contributed by atoms with Crippen LogP contribution in [-0.2, 0) is 16.6 Å². The van der Waals surface area contributed by atoms with Crippen molar-refractivity contribution in [2.75, 3.05) is 19.4 Å². The number of para-hydroxylation sites is 1. The molecule has 1 heterocycles. The van der Waals surface area contributed by atoms with Crippen molar-refractivity contribution in [1.82, 2.24) is 8.87 Å². The number of carbonyl (C=O) groups excluding carboxylic acids is 1. The van der Waals surface area contributed by atoms with Crippen LogP contribution in [0.25, 0.3) is 21.8 Å². The first-order valence-electron chi connectivity index (χ1n) is 9.78. The normalized spacial score (nSPS) is 12.0. The minimum absolute atomic E-state index is 0.00789. The van der Waals surface area contributed by atoms with Gasteiger partial charge >= 0.3 is 0 Å². The molecule has 0 atom stereocenters. The highest BCUT2D eigenvalue weighted by molar-refractivity contribution is 7.89. The second-order valence-corrected chi connectivity index (χ2v) is 9.94. The third-order valence-electron chi connectivity index (χ3n) is 5.31. The summed E-state index contributed by atoms with van der Waals surface area (Å²) in [5, 5.41) is 5.17.